The first kappa shape index (κ1) is 8.46. The third-order valence-electron chi connectivity index (χ3n) is 1.02. The maximum absolute atomic E-state index is 8.75. The molecule has 10 heavy (non-hydrogen) atoms. The van der Waals surface area contributed by atoms with E-state index in [2.05, 4.69) is 20.9 Å². The molecule has 0 aromatic carbocycles. The number of aromatic nitrogens is 1. The third-order valence-corrected chi connectivity index (χ3v) is 2.74. The topological polar surface area (TPSA) is 33.1 Å². The molecule has 0 aliphatic rings. The largest absolute Gasteiger partial charge is 0.391 e. The molecule has 0 aliphatic carbocycles. The molecule has 1 N–H and O–H groups in total. The average Bonchev–Trinajstić information content (AvgIpc) is 2.30. The summed E-state index contributed by atoms with van der Waals surface area (Å²) in [5.41, 5.74) is 0.831. The second kappa shape index (κ2) is 3.67. The number of aliphatic hydroxyl groups is 1. The van der Waals surface area contributed by atoms with E-state index in [0.717, 1.165) is 10.6 Å². The summed E-state index contributed by atoms with van der Waals surface area (Å²) in [5.74, 6) is 0. The van der Waals surface area contributed by atoms with Crippen molar-refractivity contribution in [2.24, 2.45) is 0 Å². The lowest BCUT2D eigenvalue weighted by Crippen LogP contribution is -1.84. The summed E-state index contributed by atoms with van der Waals surface area (Å²) in [5, 5.41) is 9.40. The summed E-state index contributed by atoms with van der Waals surface area (Å²) in [6.07, 6.45) is 0. The van der Waals surface area contributed by atoms with Crippen LogP contribution in [0, 0.1) is 0 Å². The van der Waals surface area contributed by atoms with E-state index in [1.807, 2.05) is 0 Å². The predicted molar refractivity (Wildman–Crippen MR) is 45.7 cm³/mol. The zero-order valence-corrected chi connectivity index (χ0v) is 8.13. The first-order valence-electron chi connectivity index (χ1n) is 2.59. The van der Waals surface area contributed by atoms with Gasteiger partial charge >= 0.3 is 0 Å². The highest BCUT2D eigenvalue weighted by atomic mass is 79.9. The van der Waals surface area contributed by atoms with E-state index in [9.17, 15) is 0 Å². The number of hydrogen-bond acceptors (Lipinski definition) is 3. The van der Waals surface area contributed by atoms with E-state index in [4.69, 9.17) is 16.7 Å². The molecule has 0 spiro atoms. The Morgan fingerprint density at radius 3 is 2.80 bits per heavy atom. The van der Waals surface area contributed by atoms with Crippen LogP contribution >= 0.6 is 38.9 Å². The van der Waals surface area contributed by atoms with E-state index in [-0.39, 0.29) is 6.61 Å². The van der Waals surface area contributed by atoms with Crippen LogP contribution in [-0.2, 0) is 11.9 Å². The van der Waals surface area contributed by atoms with Gasteiger partial charge in [0.1, 0.15) is 0 Å². The van der Waals surface area contributed by atoms with E-state index in [0.29, 0.717) is 9.80 Å². The molecule has 1 aromatic rings. The molecule has 0 saturated carbocycles. The van der Waals surface area contributed by atoms with Gasteiger partial charge in [0.05, 0.1) is 17.2 Å². The minimum Gasteiger partial charge on any atom is -0.391 e. The zero-order valence-electron chi connectivity index (χ0n) is 4.97. The van der Waals surface area contributed by atoms with Crippen molar-refractivity contribution in [2.75, 3.05) is 0 Å². The molecular weight excluding hydrogens is 237 g/mol. The summed E-state index contributed by atoms with van der Waals surface area (Å²) >= 11 is 10.1. The number of hydrogen-bond donors (Lipinski definition) is 1. The molecule has 5 heteroatoms. The van der Waals surface area contributed by atoms with Gasteiger partial charge in [-0.15, -0.1) is 11.3 Å². The molecule has 0 amide bonds. The van der Waals surface area contributed by atoms with Crippen molar-refractivity contribution in [1.29, 1.82) is 0 Å². The molecular formula is C5H5BrClNOS. The number of rotatable bonds is 2. The molecule has 1 heterocycles. The smallest absolute Gasteiger partial charge is 0.184 e. The van der Waals surface area contributed by atoms with Crippen molar-refractivity contribution >= 4 is 38.9 Å². The highest BCUT2D eigenvalue weighted by Crippen LogP contribution is 2.23. The number of halogens is 2. The van der Waals surface area contributed by atoms with Crippen LogP contribution in [0.1, 0.15) is 10.6 Å². The average molecular weight is 243 g/mol. The lowest BCUT2D eigenvalue weighted by Gasteiger charge is -1.89. The molecule has 0 atom stereocenters. The van der Waals surface area contributed by atoms with Gasteiger partial charge in [0.15, 0.2) is 4.47 Å². The van der Waals surface area contributed by atoms with Gasteiger partial charge < -0.3 is 5.11 Å². The molecule has 0 aliphatic heterocycles. The van der Waals surface area contributed by atoms with Gasteiger partial charge in [-0.3, -0.25) is 0 Å². The van der Waals surface area contributed by atoms with Crippen LogP contribution in [0.15, 0.2) is 0 Å². The van der Waals surface area contributed by atoms with E-state index in [1.165, 1.54) is 11.3 Å². The summed E-state index contributed by atoms with van der Waals surface area (Å²) in [4.78, 5) is 4.81. The summed E-state index contributed by atoms with van der Waals surface area (Å²) in [6, 6.07) is 0. The molecule has 0 bridgehead atoms. The Morgan fingerprint density at radius 2 is 2.40 bits per heavy atom. The summed E-state index contributed by atoms with van der Waals surface area (Å²) in [7, 11) is 0. The van der Waals surface area contributed by atoms with Crippen LogP contribution in [0.5, 0.6) is 0 Å². The highest BCUT2D eigenvalue weighted by molar-refractivity contribution is 9.08. The Bertz CT molecular complexity index is 206. The highest BCUT2D eigenvalue weighted by Gasteiger charge is 2.06. The van der Waals surface area contributed by atoms with Crippen molar-refractivity contribution < 1.29 is 5.11 Å². The minimum absolute atomic E-state index is 0.0192. The Balaban J connectivity index is 2.96. The number of nitrogens with zero attached hydrogens (tertiary/aromatic N) is 1. The maximum atomic E-state index is 8.75. The van der Waals surface area contributed by atoms with Crippen LogP contribution in [-0.4, -0.2) is 10.1 Å². The fourth-order valence-corrected chi connectivity index (χ4v) is 2.27. The van der Waals surface area contributed by atoms with Gasteiger partial charge in [-0.25, -0.2) is 4.98 Å². The first-order valence-corrected chi connectivity index (χ1v) is 4.90. The van der Waals surface area contributed by atoms with Crippen LogP contribution in [0.4, 0.5) is 0 Å². The molecule has 0 radical (unpaired) electrons. The summed E-state index contributed by atoms with van der Waals surface area (Å²) in [6.45, 7) is 0.0192. The Morgan fingerprint density at radius 1 is 1.70 bits per heavy atom. The van der Waals surface area contributed by atoms with Crippen LogP contribution in [0.2, 0.25) is 4.47 Å². The van der Waals surface area contributed by atoms with E-state index in [1.54, 1.807) is 0 Å². The molecule has 0 fully saturated rings. The molecule has 0 saturated heterocycles. The second-order valence-electron chi connectivity index (χ2n) is 1.63. The number of aliphatic hydroxyl groups excluding tert-OH is 1. The normalized spacial score (nSPS) is 10.3. The molecule has 2 nitrogen and oxygen atoms in total. The van der Waals surface area contributed by atoms with Gasteiger partial charge in [-0.1, -0.05) is 27.5 Å². The monoisotopic (exact) mass is 241 g/mol. The fraction of sp³-hybridized carbons (Fsp3) is 0.400. The first-order chi connectivity index (χ1) is 4.77. The quantitative estimate of drug-likeness (QED) is 0.807. The Hall–Kier alpha value is 0.360. The molecule has 1 aromatic heterocycles. The second-order valence-corrected chi connectivity index (χ2v) is 3.85. The van der Waals surface area contributed by atoms with Gasteiger partial charge in [0.25, 0.3) is 0 Å². The third kappa shape index (κ3) is 1.69. The van der Waals surface area contributed by atoms with E-state index >= 15 is 0 Å². The van der Waals surface area contributed by atoms with Crippen molar-refractivity contribution in [2.45, 2.75) is 11.9 Å². The number of thiazole rings is 1. The minimum atomic E-state index is 0.0192. The SMILES string of the molecule is OCc1sc(Cl)nc1CBr. The number of alkyl halides is 1. The predicted octanol–water partition coefficient (Wildman–Crippen LogP) is 2.18. The molecule has 0 unspecified atom stereocenters. The van der Waals surface area contributed by atoms with Crippen molar-refractivity contribution in [1.82, 2.24) is 4.98 Å². The van der Waals surface area contributed by atoms with Crippen LogP contribution < -0.4 is 0 Å². The fourth-order valence-electron chi connectivity index (χ4n) is 0.580. The van der Waals surface area contributed by atoms with E-state index < -0.39 is 0 Å². The Labute approximate surface area is 76.0 Å². The molecule has 56 valence electrons. The van der Waals surface area contributed by atoms with Gasteiger partial charge in [-0.2, -0.15) is 0 Å². The van der Waals surface area contributed by atoms with Crippen molar-refractivity contribution in [3.05, 3.63) is 15.0 Å². The van der Waals surface area contributed by atoms with Crippen LogP contribution in [0.3, 0.4) is 0 Å². The lowest BCUT2D eigenvalue weighted by molar-refractivity contribution is 0.284. The lowest BCUT2D eigenvalue weighted by atomic mass is 10.4. The van der Waals surface area contributed by atoms with Crippen molar-refractivity contribution in [3.63, 3.8) is 0 Å². The standard InChI is InChI=1S/C5H5BrClNOS/c6-1-3-4(2-9)10-5(7)8-3/h9H,1-2H2. The molecule has 1 rings (SSSR count). The summed E-state index contributed by atoms with van der Waals surface area (Å²) < 4.78 is 0.485. The van der Waals surface area contributed by atoms with Gasteiger partial charge in [0, 0.05) is 5.33 Å². The zero-order chi connectivity index (χ0) is 7.56. The van der Waals surface area contributed by atoms with Crippen LogP contribution in [0.25, 0.3) is 0 Å². The van der Waals surface area contributed by atoms with Gasteiger partial charge in [0.2, 0.25) is 0 Å². The Kier molecular flexibility index (Phi) is 3.10. The van der Waals surface area contributed by atoms with Gasteiger partial charge in [-0.05, 0) is 0 Å². The maximum Gasteiger partial charge on any atom is 0.184 e. The van der Waals surface area contributed by atoms with Crippen molar-refractivity contribution in [3.8, 4) is 0 Å².